The zero-order valence-electron chi connectivity index (χ0n) is 7.40. The fourth-order valence-electron chi connectivity index (χ4n) is 1.14. The van der Waals surface area contributed by atoms with Crippen molar-refractivity contribution in [1.29, 1.82) is 5.26 Å². The van der Waals surface area contributed by atoms with E-state index in [-0.39, 0.29) is 6.42 Å². The molecule has 1 unspecified atom stereocenters. The molecule has 1 atom stereocenters. The van der Waals surface area contributed by atoms with Crippen LogP contribution in [0.4, 0.5) is 0 Å². The molecule has 1 aromatic carbocycles. The van der Waals surface area contributed by atoms with Crippen molar-refractivity contribution in [2.24, 2.45) is 0 Å². The van der Waals surface area contributed by atoms with E-state index < -0.39 is 6.10 Å². The molecule has 0 heterocycles. The molecule has 0 spiro atoms. The van der Waals surface area contributed by atoms with Gasteiger partial charge in [0.2, 0.25) is 0 Å². The van der Waals surface area contributed by atoms with E-state index in [2.05, 4.69) is 0 Å². The minimum absolute atomic E-state index is 0.0837. The van der Waals surface area contributed by atoms with Crippen LogP contribution < -0.4 is 4.74 Å². The molecule has 1 N–H and O–H groups in total. The Balaban J connectivity index is 2.93. The Morgan fingerprint density at radius 1 is 1.54 bits per heavy atom. The molecule has 0 aliphatic carbocycles. The Morgan fingerprint density at radius 2 is 2.23 bits per heavy atom. The van der Waals surface area contributed by atoms with Gasteiger partial charge in [0, 0.05) is 5.56 Å². The average molecular weight is 177 g/mol. The number of methoxy groups -OCH3 is 1. The first kappa shape index (κ1) is 9.56. The van der Waals surface area contributed by atoms with Crippen molar-refractivity contribution in [3.8, 4) is 11.8 Å². The topological polar surface area (TPSA) is 53.2 Å². The van der Waals surface area contributed by atoms with Gasteiger partial charge in [-0.2, -0.15) is 5.26 Å². The lowest BCUT2D eigenvalue weighted by Gasteiger charge is -2.11. The number of nitriles is 1. The first-order valence-corrected chi connectivity index (χ1v) is 3.97. The maximum atomic E-state index is 9.53. The molecule has 0 aliphatic rings. The monoisotopic (exact) mass is 177 g/mol. The summed E-state index contributed by atoms with van der Waals surface area (Å²) < 4.78 is 5.04. The van der Waals surface area contributed by atoms with Gasteiger partial charge in [-0.05, 0) is 6.07 Å². The lowest BCUT2D eigenvalue weighted by molar-refractivity contribution is 0.179. The van der Waals surface area contributed by atoms with E-state index in [9.17, 15) is 5.11 Å². The molecule has 0 radical (unpaired) electrons. The molecule has 0 saturated carbocycles. The van der Waals surface area contributed by atoms with Gasteiger partial charge in [-0.3, -0.25) is 0 Å². The van der Waals surface area contributed by atoms with E-state index in [1.165, 1.54) is 7.11 Å². The summed E-state index contributed by atoms with van der Waals surface area (Å²) in [5.41, 5.74) is 0.659. The summed E-state index contributed by atoms with van der Waals surface area (Å²) in [6.07, 6.45) is -0.679. The van der Waals surface area contributed by atoms with Crippen LogP contribution in [0.1, 0.15) is 18.1 Å². The van der Waals surface area contributed by atoms with Gasteiger partial charge in [0.05, 0.1) is 25.7 Å². The molecule has 1 rings (SSSR count). The summed E-state index contributed by atoms with van der Waals surface area (Å²) in [6, 6.07) is 9.05. The van der Waals surface area contributed by atoms with Crippen LogP contribution in [-0.2, 0) is 0 Å². The lowest BCUT2D eigenvalue weighted by atomic mass is 10.1. The van der Waals surface area contributed by atoms with Gasteiger partial charge in [-0.15, -0.1) is 0 Å². The number of aliphatic hydroxyl groups is 1. The molecule has 1 aromatic rings. The second-order valence-electron chi connectivity index (χ2n) is 2.62. The normalized spacial score (nSPS) is 11.8. The maximum Gasteiger partial charge on any atom is 0.124 e. The first-order valence-electron chi connectivity index (χ1n) is 3.97. The Morgan fingerprint density at radius 3 is 2.85 bits per heavy atom. The summed E-state index contributed by atoms with van der Waals surface area (Å²) in [4.78, 5) is 0. The van der Waals surface area contributed by atoms with Crippen molar-refractivity contribution in [2.75, 3.05) is 7.11 Å². The minimum Gasteiger partial charge on any atom is -0.496 e. The average Bonchev–Trinajstić information content (AvgIpc) is 2.18. The highest BCUT2D eigenvalue weighted by Crippen LogP contribution is 2.26. The third-order valence-corrected chi connectivity index (χ3v) is 1.78. The fourth-order valence-corrected chi connectivity index (χ4v) is 1.14. The highest BCUT2D eigenvalue weighted by molar-refractivity contribution is 5.35. The van der Waals surface area contributed by atoms with Crippen LogP contribution in [0, 0.1) is 11.3 Å². The van der Waals surface area contributed by atoms with Crippen molar-refractivity contribution in [1.82, 2.24) is 0 Å². The number of para-hydroxylation sites is 1. The van der Waals surface area contributed by atoms with Crippen molar-refractivity contribution >= 4 is 0 Å². The smallest absolute Gasteiger partial charge is 0.124 e. The molecule has 68 valence electrons. The SMILES string of the molecule is COc1ccccc1C(O)CC#N. The summed E-state index contributed by atoms with van der Waals surface area (Å²) in [7, 11) is 1.54. The van der Waals surface area contributed by atoms with Crippen LogP contribution in [0.2, 0.25) is 0 Å². The van der Waals surface area contributed by atoms with Crippen molar-refractivity contribution in [2.45, 2.75) is 12.5 Å². The summed E-state index contributed by atoms with van der Waals surface area (Å²) in [6.45, 7) is 0. The highest BCUT2D eigenvalue weighted by atomic mass is 16.5. The summed E-state index contributed by atoms with van der Waals surface area (Å²) >= 11 is 0. The van der Waals surface area contributed by atoms with Crippen molar-refractivity contribution in [3.05, 3.63) is 29.8 Å². The number of benzene rings is 1. The largest absolute Gasteiger partial charge is 0.496 e. The van der Waals surface area contributed by atoms with E-state index in [0.29, 0.717) is 11.3 Å². The highest BCUT2D eigenvalue weighted by Gasteiger charge is 2.11. The first-order chi connectivity index (χ1) is 6.29. The Bertz CT molecular complexity index is 317. The van der Waals surface area contributed by atoms with Gasteiger partial charge < -0.3 is 9.84 Å². The minimum atomic E-state index is -0.763. The van der Waals surface area contributed by atoms with Crippen LogP contribution >= 0.6 is 0 Å². The molecule has 0 bridgehead atoms. The summed E-state index contributed by atoms with van der Waals surface area (Å²) in [5.74, 6) is 0.616. The van der Waals surface area contributed by atoms with Gasteiger partial charge in [-0.1, -0.05) is 18.2 Å². The van der Waals surface area contributed by atoms with E-state index in [1.54, 1.807) is 18.2 Å². The van der Waals surface area contributed by atoms with Crippen LogP contribution in [0.15, 0.2) is 24.3 Å². The third-order valence-electron chi connectivity index (χ3n) is 1.78. The molecule has 3 heteroatoms. The molecule has 0 amide bonds. The van der Waals surface area contributed by atoms with Gasteiger partial charge in [0.1, 0.15) is 5.75 Å². The van der Waals surface area contributed by atoms with Crippen molar-refractivity contribution < 1.29 is 9.84 Å². The second kappa shape index (κ2) is 4.48. The molecule has 13 heavy (non-hydrogen) atoms. The Labute approximate surface area is 77.2 Å². The number of ether oxygens (including phenoxy) is 1. The molecule has 0 aromatic heterocycles. The second-order valence-corrected chi connectivity index (χ2v) is 2.62. The quantitative estimate of drug-likeness (QED) is 0.763. The Kier molecular flexibility index (Phi) is 3.30. The number of rotatable bonds is 3. The number of hydrogen-bond donors (Lipinski definition) is 1. The number of nitrogens with zero attached hydrogens (tertiary/aromatic N) is 1. The van der Waals surface area contributed by atoms with Gasteiger partial charge >= 0.3 is 0 Å². The molecule has 0 aliphatic heterocycles. The third kappa shape index (κ3) is 2.20. The zero-order chi connectivity index (χ0) is 9.68. The molecule has 0 fully saturated rings. The van der Waals surface area contributed by atoms with E-state index in [1.807, 2.05) is 12.1 Å². The number of hydrogen-bond acceptors (Lipinski definition) is 3. The molecule has 0 saturated heterocycles. The summed E-state index contributed by atoms with van der Waals surface area (Å²) in [5, 5.41) is 17.9. The fraction of sp³-hybridized carbons (Fsp3) is 0.300. The van der Waals surface area contributed by atoms with Crippen LogP contribution in [0.3, 0.4) is 0 Å². The van der Waals surface area contributed by atoms with Crippen LogP contribution in [-0.4, -0.2) is 12.2 Å². The van der Waals surface area contributed by atoms with Gasteiger partial charge in [0.25, 0.3) is 0 Å². The Hall–Kier alpha value is -1.53. The van der Waals surface area contributed by atoms with E-state index >= 15 is 0 Å². The van der Waals surface area contributed by atoms with Crippen LogP contribution in [0.5, 0.6) is 5.75 Å². The predicted octanol–water partition coefficient (Wildman–Crippen LogP) is 1.64. The zero-order valence-corrected chi connectivity index (χ0v) is 7.40. The van der Waals surface area contributed by atoms with Crippen molar-refractivity contribution in [3.63, 3.8) is 0 Å². The molecular weight excluding hydrogens is 166 g/mol. The van der Waals surface area contributed by atoms with Gasteiger partial charge in [0.15, 0.2) is 0 Å². The standard InChI is InChI=1S/C10H11NO2/c1-13-10-5-3-2-4-8(10)9(12)6-7-11/h2-5,9,12H,6H2,1H3. The van der Waals surface area contributed by atoms with E-state index in [0.717, 1.165) is 0 Å². The van der Waals surface area contributed by atoms with Gasteiger partial charge in [-0.25, -0.2) is 0 Å². The lowest BCUT2D eigenvalue weighted by Crippen LogP contribution is -1.99. The molecule has 3 nitrogen and oxygen atoms in total. The van der Waals surface area contributed by atoms with E-state index in [4.69, 9.17) is 10.00 Å². The molecular formula is C10H11NO2. The van der Waals surface area contributed by atoms with Crippen LogP contribution in [0.25, 0.3) is 0 Å². The number of aliphatic hydroxyl groups excluding tert-OH is 1. The maximum absolute atomic E-state index is 9.53. The predicted molar refractivity (Wildman–Crippen MR) is 48.2 cm³/mol.